The number of amides is 1. The highest BCUT2D eigenvalue weighted by Crippen LogP contribution is 2.37. The van der Waals surface area contributed by atoms with Crippen molar-refractivity contribution in [3.8, 4) is 0 Å². The summed E-state index contributed by atoms with van der Waals surface area (Å²) >= 11 is 1.68. The summed E-state index contributed by atoms with van der Waals surface area (Å²) in [7, 11) is 0. The SMILES string of the molecule is CC(C)NC(=O)OC1CCC(c2cc(Nc3cccc4c3CCNS4)n[nH]2)C1. The molecule has 1 fully saturated rings. The Labute approximate surface area is 169 Å². The Bertz CT molecular complexity index is 838. The van der Waals surface area contributed by atoms with Crippen LogP contribution in [0.2, 0.25) is 0 Å². The van der Waals surface area contributed by atoms with Crippen LogP contribution in [-0.4, -0.2) is 35.0 Å². The normalized spacial score (nSPS) is 21.4. The van der Waals surface area contributed by atoms with Crippen molar-refractivity contribution in [2.24, 2.45) is 0 Å². The van der Waals surface area contributed by atoms with Crippen LogP contribution in [0.4, 0.5) is 16.3 Å². The van der Waals surface area contributed by atoms with E-state index in [9.17, 15) is 4.79 Å². The molecule has 2 atom stereocenters. The number of hydrogen-bond donors (Lipinski definition) is 4. The number of nitrogens with zero attached hydrogens (tertiary/aromatic N) is 1. The van der Waals surface area contributed by atoms with E-state index in [1.165, 1.54) is 10.5 Å². The molecular formula is C20H27N5O2S. The van der Waals surface area contributed by atoms with Crippen molar-refractivity contribution in [3.63, 3.8) is 0 Å². The van der Waals surface area contributed by atoms with Crippen LogP contribution < -0.4 is 15.4 Å². The van der Waals surface area contributed by atoms with Gasteiger partial charge in [0.25, 0.3) is 0 Å². The summed E-state index contributed by atoms with van der Waals surface area (Å²) in [6.07, 6.45) is 3.35. The number of fused-ring (bicyclic) bond motifs is 1. The molecule has 1 aromatic carbocycles. The number of rotatable bonds is 5. The molecule has 2 heterocycles. The predicted octanol–water partition coefficient (Wildman–Crippen LogP) is 4.08. The minimum Gasteiger partial charge on any atom is -0.446 e. The molecule has 1 aliphatic heterocycles. The van der Waals surface area contributed by atoms with Gasteiger partial charge in [0.1, 0.15) is 6.10 Å². The molecule has 4 N–H and O–H groups in total. The number of aromatic nitrogens is 2. The highest BCUT2D eigenvalue weighted by molar-refractivity contribution is 7.97. The Hall–Kier alpha value is -2.19. The monoisotopic (exact) mass is 401 g/mol. The number of H-pyrrole nitrogens is 1. The average molecular weight is 402 g/mol. The van der Waals surface area contributed by atoms with Crippen molar-refractivity contribution in [2.45, 2.75) is 62.5 Å². The number of carbonyl (C=O) groups excluding carboxylic acids is 1. The van der Waals surface area contributed by atoms with Crippen LogP contribution in [0.5, 0.6) is 0 Å². The standard InChI is InChI=1S/C20H27N5O2S/c1-12(2)22-20(26)27-14-7-6-13(10-14)17-11-19(25-24-17)23-16-4-3-5-18-15(16)8-9-21-28-18/h3-5,11-14,21H,6-10H2,1-2H3,(H,22,26)(H2,23,24,25). The van der Waals surface area contributed by atoms with Crippen molar-refractivity contribution < 1.29 is 9.53 Å². The lowest BCUT2D eigenvalue weighted by atomic mass is 10.0. The van der Waals surface area contributed by atoms with E-state index in [1.807, 2.05) is 13.8 Å². The predicted molar refractivity (Wildman–Crippen MR) is 111 cm³/mol. The lowest BCUT2D eigenvalue weighted by molar-refractivity contribution is 0.0981. The molecule has 7 nitrogen and oxygen atoms in total. The van der Waals surface area contributed by atoms with Crippen LogP contribution in [0.15, 0.2) is 29.2 Å². The molecule has 0 saturated heterocycles. The third-order valence-electron chi connectivity index (χ3n) is 5.16. The minimum absolute atomic E-state index is 0.0332. The topological polar surface area (TPSA) is 91.1 Å². The zero-order valence-corrected chi connectivity index (χ0v) is 17.1. The Morgan fingerprint density at radius 1 is 1.36 bits per heavy atom. The fourth-order valence-corrected chi connectivity index (χ4v) is 4.68. The van der Waals surface area contributed by atoms with Crippen LogP contribution in [-0.2, 0) is 11.2 Å². The summed E-state index contributed by atoms with van der Waals surface area (Å²) in [6, 6.07) is 8.47. The van der Waals surface area contributed by atoms with Gasteiger partial charge in [0.15, 0.2) is 5.82 Å². The number of benzene rings is 1. The van der Waals surface area contributed by atoms with Gasteiger partial charge in [0, 0.05) is 40.8 Å². The number of aromatic amines is 1. The van der Waals surface area contributed by atoms with Gasteiger partial charge >= 0.3 is 6.09 Å². The number of anilines is 2. The van der Waals surface area contributed by atoms with E-state index < -0.39 is 0 Å². The Kier molecular flexibility index (Phi) is 5.77. The molecule has 0 radical (unpaired) electrons. The third kappa shape index (κ3) is 4.44. The molecule has 2 aromatic rings. The third-order valence-corrected chi connectivity index (χ3v) is 6.11. The second-order valence-corrected chi connectivity index (χ2v) is 8.63. The van der Waals surface area contributed by atoms with Gasteiger partial charge in [-0.25, -0.2) is 4.79 Å². The Balaban J connectivity index is 1.37. The second-order valence-electron chi connectivity index (χ2n) is 7.70. The number of ether oxygens (including phenoxy) is 1. The smallest absolute Gasteiger partial charge is 0.407 e. The van der Waals surface area contributed by atoms with Crippen LogP contribution >= 0.6 is 11.9 Å². The molecule has 2 unspecified atom stereocenters. The van der Waals surface area contributed by atoms with E-state index in [2.05, 4.69) is 49.8 Å². The van der Waals surface area contributed by atoms with Gasteiger partial charge in [0.2, 0.25) is 0 Å². The maximum absolute atomic E-state index is 11.8. The van der Waals surface area contributed by atoms with Gasteiger partial charge in [-0.3, -0.25) is 9.82 Å². The molecule has 1 amide bonds. The lowest BCUT2D eigenvalue weighted by Gasteiger charge is -2.19. The minimum atomic E-state index is -0.325. The van der Waals surface area contributed by atoms with Crippen LogP contribution in [0.3, 0.4) is 0 Å². The summed E-state index contributed by atoms with van der Waals surface area (Å²) in [4.78, 5) is 13.1. The van der Waals surface area contributed by atoms with Gasteiger partial charge in [-0.2, -0.15) is 5.10 Å². The van der Waals surface area contributed by atoms with Gasteiger partial charge in [0.05, 0.1) is 0 Å². The zero-order valence-electron chi connectivity index (χ0n) is 16.2. The maximum Gasteiger partial charge on any atom is 0.407 e. The molecule has 150 valence electrons. The summed E-state index contributed by atoms with van der Waals surface area (Å²) < 4.78 is 8.86. The van der Waals surface area contributed by atoms with E-state index >= 15 is 0 Å². The number of hydrogen-bond acceptors (Lipinski definition) is 6. The van der Waals surface area contributed by atoms with Gasteiger partial charge in [-0.15, -0.1) is 0 Å². The molecule has 1 saturated carbocycles. The fourth-order valence-electron chi connectivity index (χ4n) is 3.84. The van der Waals surface area contributed by atoms with Gasteiger partial charge < -0.3 is 15.4 Å². The molecule has 8 heteroatoms. The number of carbonyl (C=O) groups is 1. The van der Waals surface area contributed by atoms with Crippen molar-refractivity contribution in [1.82, 2.24) is 20.2 Å². The summed E-state index contributed by atoms with van der Waals surface area (Å²) in [5.74, 6) is 1.16. The quantitative estimate of drug-likeness (QED) is 0.565. The van der Waals surface area contributed by atoms with E-state index in [-0.39, 0.29) is 18.2 Å². The Morgan fingerprint density at radius 3 is 3.11 bits per heavy atom. The van der Waals surface area contributed by atoms with Crippen molar-refractivity contribution in [2.75, 3.05) is 11.9 Å². The van der Waals surface area contributed by atoms with Crippen LogP contribution in [0.25, 0.3) is 0 Å². The van der Waals surface area contributed by atoms with Crippen LogP contribution in [0, 0.1) is 0 Å². The number of nitrogens with one attached hydrogen (secondary N) is 4. The molecule has 1 aromatic heterocycles. The number of alkyl carbamates (subject to hydrolysis) is 1. The molecule has 0 bridgehead atoms. The fraction of sp³-hybridized carbons (Fsp3) is 0.500. The molecule has 0 spiro atoms. The van der Waals surface area contributed by atoms with E-state index in [0.29, 0.717) is 5.92 Å². The van der Waals surface area contributed by atoms with Crippen molar-refractivity contribution in [3.05, 3.63) is 35.5 Å². The molecule has 4 rings (SSSR count). The molecule has 1 aliphatic carbocycles. The second kappa shape index (κ2) is 8.45. The van der Waals surface area contributed by atoms with Crippen molar-refractivity contribution >= 4 is 29.5 Å². The van der Waals surface area contributed by atoms with E-state index in [4.69, 9.17) is 4.74 Å². The molecule has 28 heavy (non-hydrogen) atoms. The molecule has 2 aliphatic rings. The lowest BCUT2D eigenvalue weighted by Crippen LogP contribution is -2.33. The summed E-state index contributed by atoms with van der Waals surface area (Å²) in [6.45, 7) is 4.82. The first-order valence-electron chi connectivity index (χ1n) is 9.89. The maximum atomic E-state index is 11.8. The first kappa shape index (κ1) is 19.1. The summed E-state index contributed by atoms with van der Waals surface area (Å²) in [5, 5.41) is 13.9. The largest absolute Gasteiger partial charge is 0.446 e. The first-order valence-corrected chi connectivity index (χ1v) is 10.7. The average Bonchev–Trinajstić information content (AvgIpc) is 3.31. The zero-order chi connectivity index (χ0) is 19.5. The van der Waals surface area contributed by atoms with E-state index in [1.54, 1.807) is 11.9 Å². The van der Waals surface area contributed by atoms with E-state index in [0.717, 1.165) is 49.4 Å². The highest BCUT2D eigenvalue weighted by atomic mass is 32.2. The summed E-state index contributed by atoms with van der Waals surface area (Å²) in [5.41, 5.74) is 3.54. The molecular weight excluding hydrogens is 374 g/mol. The van der Waals surface area contributed by atoms with Gasteiger partial charge in [-0.1, -0.05) is 6.07 Å². The van der Waals surface area contributed by atoms with Crippen molar-refractivity contribution in [1.29, 1.82) is 0 Å². The first-order chi connectivity index (χ1) is 13.6. The Morgan fingerprint density at radius 2 is 2.25 bits per heavy atom. The van der Waals surface area contributed by atoms with Crippen LogP contribution in [0.1, 0.15) is 50.3 Å². The van der Waals surface area contributed by atoms with Gasteiger partial charge in [-0.05, 0) is 69.2 Å². The highest BCUT2D eigenvalue weighted by Gasteiger charge is 2.30.